The maximum atomic E-state index is 11.3. The number of primary sulfonamides is 1. The van der Waals surface area contributed by atoms with Gasteiger partial charge in [0, 0.05) is 20.8 Å². The Hall–Kier alpha value is -1.40. The highest BCUT2D eigenvalue weighted by molar-refractivity contribution is 7.89. The quantitative estimate of drug-likeness (QED) is 0.358. The van der Waals surface area contributed by atoms with E-state index in [9.17, 15) is 13.6 Å². The largest absolute Gasteiger partial charge is 0.290 e. The summed E-state index contributed by atoms with van der Waals surface area (Å²) in [6.45, 7) is 5.38. The molecule has 0 aliphatic heterocycles. The highest BCUT2D eigenvalue weighted by Gasteiger charge is 2.25. The molecule has 0 heterocycles. The third-order valence-electron chi connectivity index (χ3n) is 2.17. The number of benzene rings is 1. The van der Waals surface area contributed by atoms with Crippen molar-refractivity contribution < 1.29 is 18.4 Å². The van der Waals surface area contributed by atoms with E-state index in [0.29, 0.717) is 5.56 Å². The molecule has 1 aromatic carbocycles. The molecule has 0 saturated heterocycles. The van der Waals surface area contributed by atoms with E-state index in [0.717, 1.165) is 4.74 Å². The Morgan fingerprint density at radius 1 is 1.29 bits per heavy atom. The standard InChI is InChI=1S/C11H17N2O3S/c1-11(2,3)13(14)8-9-6-4-5-7-10(9)17(12,15)16/h4-8,14H,1-3H3,(H2,12,15,16)/q+1/b13-8-. The molecule has 0 bridgehead atoms. The van der Waals surface area contributed by atoms with Crippen LogP contribution in [0, 0.1) is 0 Å². The van der Waals surface area contributed by atoms with E-state index >= 15 is 0 Å². The molecule has 6 heteroatoms. The van der Waals surface area contributed by atoms with Gasteiger partial charge in [-0.05, 0) is 16.9 Å². The van der Waals surface area contributed by atoms with E-state index in [-0.39, 0.29) is 4.90 Å². The predicted octanol–water partition coefficient (Wildman–Crippen LogP) is 0.953. The molecule has 1 aromatic rings. The molecule has 1 rings (SSSR count). The lowest BCUT2D eigenvalue weighted by molar-refractivity contribution is -0.816. The van der Waals surface area contributed by atoms with E-state index in [1.54, 1.807) is 39.0 Å². The number of hydroxylamine groups is 1. The summed E-state index contributed by atoms with van der Waals surface area (Å²) in [6, 6.07) is 6.24. The fourth-order valence-corrected chi connectivity index (χ4v) is 1.89. The van der Waals surface area contributed by atoms with Crippen molar-refractivity contribution in [3.05, 3.63) is 29.8 Å². The molecule has 0 radical (unpaired) electrons. The first-order valence-corrected chi connectivity index (χ1v) is 6.62. The Morgan fingerprint density at radius 3 is 2.29 bits per heavy atom. The fourth-order valence-electron chi connectivity index (χ4n) is 1.17. The van der Waals surface area contributed by atoms with Crippen LogP contribution in [0.15, 0.2) is 29.2 Å². The molecule has 0 atom stereocenters. The van der Waals surface area contributed by atoms with Gasteiger partial charge >= 0.3 is 0 Å². The van der Waals surface area contributed by atoms with Gasteiger partial charge in [-0.2, -0.15) is 0 Å². The van der Waals surface area contributed by atoms with Gasteiger partial charge in [-0.15, -0.1) is 0 Å². The maximum Gasteiger partial charge on any atom is 0.238 e. The third-order valence-corrected chi connectivity index (χ3v) is 3.16. The van der Waals surface area contributed by atoms with Gasteiger partial charge in [-0.25, -0.2) is 13.6 Å². The summed E-state index contributed by atoms with van der Waals surface area (Å²) in [7, 11) is -3.79. The molecule has 0 spiro atoms. The Labute approximate surface area is 101 Å². The molecular weight excluding hydrogens is 240 g/mol. The van der Waals surface area contributed by atoms with Crippen molar-refractivity contribution in [2.24, 2.45) is 5.14 Å². The van der Waals surface area contributed by atoms with Crippen LogP contribution in [0.2, 0.25) is 0 Å². The van der Waals surface area contributed by atoms with Gasteiger partial charge in [-0.3, -0.25) is 5.21 Å². The first kappa shape index (κ1) is 13.7. The fraction of sp³-hybridized carbons (Fsp3) is 0.364. The number of hydrogen-bond acceptors (Lipinski definition) is 3. The van der Waals surface area contributed by atoms with Crippen LogP contribution in [0.3, 0.4) is 0 Å². The van der Waals surface area contributed by atoms with E-state index in [2.05, 4.69) is 0 Å². The van der Waals surface area contributed by atoms with Gasteiger partial charge in [0.05, 0.1) is 10.5 Å². The van der Waals surface area contributed by atoms with Crippen LogP contribution in [0.4, 0.5) is 0 Å². The van der Waals surface area contributed by atoms with Gasteiger partial charge in [0.2, 0.25) is 21.8 Å². The van der Waals surface area contributed by atoms with Crippen molar-refractivity contribution in [2.45, 2.75) is 31.2 Å². The molecule has 0 amide bonds. The summed E-state index contributed by atoms with van der Waals surface area (Å²) in [5, 5.41) is 14.9. The van der Waals surface area contributed by atoms with Gasteiger partial charge in [0.15, 0.2) is 0 Å². The molecular formula is C11H17N2O3S+. The predicted molar refractivity (Wildman–Crippen MR) is 64.8 cm³/mol. The monoisotopic (exact) mass is 257 g/mol. The van der Waals surface area contributed by atoms with Crippen LogP contribution in [-0.4, -0.2) is 30.1 Å². The molecule has 0 aliphatic carbocycles. The highest BCUT2D eigenvalue weighted by atomic mass is 32.2. The Balaban J connectivity index is 3.35. The topological polar surface area (TPSA) is 83.4 Å². The summed E-state index contributed by atoms with van der Waals surface area (Å²) < 4.78 is 23.6. The number of hydrogen-bond donors (Lipinski definition) is 2. The minimum absolute atomic E-state index is 0.0108. The van der Waals surface area contributed by atoms with Crippen LogP contribution >= 0.6 is 0 Å². The van der Waals surface area contributed by atoms with Crippen molar-refractivity contribution in [2.75, 3.05) is 0 Å². The Bertz CT molecular complexity index is 542. The van der Waals surface area contributed by atoms with E-state index < -0.39 is 15.6 Å². The van der Waals surface area contributed by atoms with Crippen LogP contribution in [-0.2, 0) is 10.0 Å². The normalized spacial score (nSPS) is 13.8. The summed E-state index contributed by atoms with van der Waals surface area (Å²) in [6.07, 6.45) is 1.35. The number of rotatable bonds is 2. The number of nitrogens with two attached hydrogens (primary N) is 1. The van der Waals surface area contributed by atoms with Crippen LogP contribution in [0.25, 0.3) is 0 Å². The molecule has 0 aliphatic rings. The molecule has 0 unspecified atom stereocenters. The average Bonchev–Trinajstić information content (AvgIpc) is 2.15. The zero-order valence-electron chi connectivity index (χ0n) is 10.1. The second-order valence-electron chi connectivity index (χ2n) is 4.73. The van der Waals surface area contributed by atoms with Crippen LogP contribution < -0.4 is 5.14 Å². The van der Waals surface area contributed by atoms with Crippen molar-refractivity contribution >= 4 is 16.2 Å². The van der Waals surface area contributed by atoms with E-state index in [1.165, 1.54) is 12.3 Å². The first-order chi connectivity index (χ1) is 7.62. The van der Waals surface area contributed by atoms with Gasteiger partial charge in [-0.1, -0.05) is 12.1 Å². The third kappa shape index (κ3) is 3.54. The zero-order valence-corrected chi connectivity index (χ0v) is 10.9. The minimum atomic E-state index is -3.79. The zero-order chi connectivity index (χ0) is 13.3. The van der Waals surface area contributed by atoms with Crippen molar-refractivity contribution in [3.63, 3.8) is 0 Å². The van der Waals surface area contributed by atoms with Gasteiger partial charge < -0.3 is 0 Å². The van der Waals surface area contributed by atoms with Crippen molar-refractivity contribution in [1.82, 2.24) is 0 Å². The van der Waals surface area contributed by atoms with Crippen LogP contribution in [0.1, 0.15) is 26.3 Å². The van der Waals surface area contributed by atoms with Gasteiger partial charge in [0.25, 0.3) is 0 Å². The molecule has 17 heavy (non-hydrogen) atoms. The second-order valence-corrected chi connectivity index (χ2v) is 6.26. The van der Waals surface area contributed by atoms with E-state index in [4.69, 9.17) is 5.14 Å². The molecule has 0 aromatic heterocycles. The molecule has 3 N–H and O–H groups in total. The molecule has 0 fully saturated rings. The lowest BCUT2D eigenvalue weighted by atomic mass is 10.1. The van der Waals surface area contributed by atoms with Crippen LogP contribution in [0.5, 0.6) is 0 Å². The molecule has 5 nitrogen and oxygen atoms in total. The molecule has 94 valence electrons. The summed E-state index contributed by atoms with van der Waals surface area (Å²) in [5.74, 6) is 0. The summed E-state index contributed by atoms with van der Waals surface area (Å²) >= 11 is 0. The lowest BCUT2D eigenvalue weighted by Crippen LogP contribution is -2.31. The second kappa shape index (κ2) is 4.46. The summed E-state index contributed by atoms with van der Waals surface area (Å²) in [4.78, 5) is -0.0108. The minimum Gasteiger partial charge on any atom is -0.290 e. The lowest BCUT2D eigenvalue weighted by Gasteiger charge is -2.10. The Kier molecular flexibility index (Phi) is 3.59. The smallest absolute Gasteiger partial charge is 0.238 e. The van der Waals surface area contributed by atoms with Crippen molar-refractivity contribution in [3.8, 4) is 0 Å². The number of sulfonamides is 1. The first-order valence-electron chi connectivity index (χ1n) is 5.07. The highest BCUT2D eigenvalue weighted by Crippen LogP contribution is 2.13. The van der Waals surface area contributed by atoms with E-state index in [1.807, 2.05) is 0 Å². The van der Waals surface area contributed by atoms with Crippen molar-refractivity contribution in [1.29, 1.82) is 0 Å². The maximum absolute atomic E-state index is 11.3. The number of nitrogens with zero attached hydrogens (tertiary/aromatic N) is 1. The SMILES string of the molecule is CC(C)(C)/[N+](O)=C/c1ccccc1S(N)(=O)=O. The summed E-state index contributed by atoms with van der Waals surface area (Å²) in [5.41, 5.74) is -0.168. The van der Waals surface area contributed by atoms with Gasteiger partial charge in [0.1, 0.15) is 0 Å². The molecule has 0 saturated carbocycles. The average molecular weight is 257 g/mol. The Morgan fingerprint density at radius 2 is 1.82 bits per heavy atom.